The van der Waals surface area contributed by atoms with E-state index in [1.807, 2.05) is 39.0 Å². The van der Waals surface area contributed by atoms with Gasteiger partial charge < -0.3 is 39.5 Å². The van der Waals surface area contributed by atoms with Crippen LogP contribution >= 0.6 is 0 Å². The highest BCUT2D eigenvalue weighted by Gasteiger charge is 2.16. The van der Waals surface area contributed by atoms with Gasteiger partial charge in [0, 0.05) is 30.7 Å². The SMILES string of the molecule is CCOc1cc(C(N)CS(C)(=O)=O)ccc1OC.CCOc1cc(CN/C(=C\S(C)(=O)=O)c2ccc(OC)c(OCC)c2)ccc1OC. The molecule has 0 amide bonds. The molecule has 0 bridgehead atoms. The van der Waals surface area contributed by atoms with E-state index in [1.165, 1.54) is 11.7 Å². The van der Waals surface area contributed by atoms with Gasteiger partial charge in [-0.2, -0.15) is 0 Å². The van der Waals surface area contributed by atoms with Crippen molar-refractivity contribution in [1.82, 2.24) is 5.32 Å². The van der Waals surface area contributed by atoms with Gasteiger partial charge >= 0.3 is 0 Å². The highest BCUT2D eigenvalue weighted by atomic mass is 32.2. The molecular formula is C34H48N2O10S2. The van der Waals surface area contributed by atoms with Gasteiger partial charge in [0.25, 0.3) is 0 Å². The number of nitrogens with one attached hydrogen (secondary N) is 1. The molecule has 3 aromatic rings. The van der Waals surface area contributed by atoms with Crippen molar-refractivity contribution in [3.63, 3.8) is 0 Å². The minimum atomic E-state index is -3.39. The number of hydrogen-bond acceptors (Lipinski definition) is 12. The Morgan fingerprint density at radius 3 is 1.67 bits per heavy atom. The minimum Gasteiger partial charge on any atom is -0.493 e. The zero-order valence-corrected chi connectivity index (χ0v) is 30.5. The van der Waals surface area contributed by atoms with E-state index in [9.17, 15) is 16.8 Å². The molecule has 0 radical (unpaired) electrons. The van der Waals surface area contributed by atoms with Gasteiger partial charge in [-0.3, -0.25) is 0 Å². The van der Waals surface area contributed by atoms with Crippen LogP contribution in [-0.2, 0) is 26.2 Å². The zero-order valence-electron chi connectivity index (χ0n) is 28.9. The molecule has 3 aromatic carbocycles. The van der Waals surface area contributed by atoms with Crippen LogP contribution in [0, 0.1) is 0 Å². The van der Waals surface area contributed by atoms with Crippen LogP contribution in [0.25, 0.3) is 5.70 Å². The third-order valence-corrected chi connectivity index (χ3v) is 8.14. The molecule has 0 aliphatic carbocycles. The highest BCUT2D eigenvalue weighted by molar-refractivity contribution is 7.93. The Hall–Kier alpha value is -4.14. The molecule has 1 unspecified atom stereocenters. The Balaban J connectivity index is 0.000000379. The molecule has 0 saturated heterocycles. The van der Waals surface area contributed by atoms with Crippen LogP contribution in [-0.4, -0.2) is 76.3 Å². The second kappa shape index (κ2) is 19.0. The lowest BCUT2D eigenvalue weighted by Gasteiger charge is -2.16. The molecule has 48 heavy (non-hydrogen) atoms. The number of nitrogens with two attached hydrogens (primary N) is 1. The number of sulfone groups is 2. The summed E-state index contributed by atoms with van der Waals surface area (Å²) in [5.74, 6) is 3.48. The fraction of sp³-hybridized carbons (Fsp3) is 0.412. The summed E-state index contributed by atoms with van der Waals surface area (Å²) < 4.78 is 78.8. The molecule has 0 aliphatic rings. The minimum absolute atomic E-state index is 0.0924. The number of benzene rings is 3. The maximum Gasteiger partial charge on any atom is 0.170 e. The summed E-state index contributed by atoms with van der Waals surface area (Å²) in [4.78, 5) is 0. The van der Waals surface area contributed by atoms with Gasteiger partial charge in [-0.05, 0) is 74.4 Å². The molecule has 0 fully saturated rings. The van der Waals surface area contributed by atoms with Crippen LogP contribution in [0.4, 0.5) is 0 Å². The molecule has 0 aliphatic heterocycles. The van der Waals surface area contributed by atoms with Crippen molar-refractivity contribution in [3.05, 3.63) is 76.7 Å². The zero-order chi connectivity index (χ0) is 35.9. The van der Waals surface area contributed by atoms with Gasteiger partial charge in [0.2, 0.25) is 0 Å². The third kappa shape index (κ3) is 13.2. The lowest BCUT2D eigenvalue weighted by molar-refractivity contribution is 0.310. The second-order valence-electron chi connectivity index (χ2n) is 10.5. The molecule has 0 heterocycles. The van der Waals surface area contributed by atoms with Crippen LogP contribution in [0.15, 0.2) is 60.0 Å². The van der Waals surface area contributed by atoms with Gasteiger partial charge in [-0.1, -0.05) is 12.1 Å². The summed E-state index contributed by atoms with van der Waals surface area (Å²) in [5.41, 5.74) is 8.61. The van der Waals surface area contributed by atoms with E-state index >= 15 is 0 Å². The van der Waals surface area contributed by atoms with E-state index in [0.29, 0.717) is 77.7 Å². The van der Waals surface area contributed by atoms with Crippen molar-refractivity contribution in [1.29, 1.82) is 0 Å². The fourth-order valence-electron chi connectivity index (χ4n) is 4.45. The summed E-state index contributed by atoms with van der Waals surface area (Å²) in [5, 5.41) is 4.42. The maximum absolute atomic E-state index is 12.0. The van der Waals surface area contributed by atoms with Crippen molar-refractivity contribution in [2.75, 3.05) is 59.4 Å². The molecule has 0 spiro atoms. The number of rotatable bonds is 17. The summed E-state index contributed by atoms with van der Waals surface area (Å²) >= 11 is 0. The van der Waals surface area contributed by atoms with E-state index in [4.69, 9.17) is 34.2 Å². The van der Waals surface area contributed by atoms with Crippen molar-refractivity contribution in [2.24, 2.45) is 5.73 Å². The standard InChI is InChI=1S/C22H29NO6S.C12H19NO4S/c1-6-28-21-12-16(8-10-19(21)26-3)14-23-18(15-30(5,24)25)17-9-11-20(27-4)22(13-17)29-7-2;1-4-17-12-7-9(5-6-11(12)16-2)10(13)8-18(3,14)15/h8-13,15,23H,6-7,14H2,1-5H3;5-7,10H,4,8,13H2,1-3H3/b18-15-;. The Morgan fingerprint density at radius 1 is 0.708 bits per heavy atom. The average molecular weight is 709 g/mol. The molecule has 12 nitrogen and oxygen atoms in total. The van der Waals surface area contributed by atoms with Crippen molar-refractivity contribution >= 4 is 25.4 Å². The van der Waals surface area contributed by atoms with Crippen LogP contribution in [0.3, 0.4) is 0 Å². The van der Waals surface area contributed by atoms with Crippen LogP contribution in [0.1, 0.15) is 43.5 Å². The maximum atomic E-state index is 12.0. The second-order valence-corrected chi connectivity index (χ2v) is 14.6. The van der Waals surface area contributed by atoms with Gasteiger partial charge in [0.15, 0.2) is 44.3 Å². The molecule has 3 rings (SSSR count). The molecule has 0 aromatic heterocycles. The van der Waals surface area contributed by atoms with Crippen molar-refractivity contribution < 1.29 is 45.3 Å². The number of hydrogen-bond donors (Lipinski definition) is 2. The Labute approximate surface area is 285 Å². The molecule has 0 saturated carbocycles. The third-order valence-electron chi connectivity index (χ3n) is 6.52. The topological polar surface area (TPSA) is 162 Å². The number of ether oxygens (including phenoxy) is 6. The van der Waals surface area contributed by atoms with E-state index in [2.05, 4.69) is 5.32 Å². The van der Waals surface area contributed by atoms with E-state index < -0.39 is 25.7 Å². The lowest BCUT2D eigenvalue weighted by atomic mass is 10.1. The van der Waals surface area contributed by atoms with Gasteiger partial charge in [0.05, 0.1) is 58.0 Å². The predicted octanol–water partition coefficient (Wildman–Crippen LogP) is 4.77. The summed E-state index contributed by atoms with van der Waals surface area (Å²) in [6.07, 6.45) is 2.32. The predicted molar refractivity (Wildman–Crippen MR) is 189 cm³/mol. The molecule has 3 N–H and O–H groups in total. The van der Waals surface area contributed by atoms with E-state index in [-0.39, 0.29) is 5.75 Å². The van der Waals surface area contributed by atoms with Crippen molar-refractivity contribution in [2.45, 2.75) is 33.4 Å². The smallest absolute Gasteiger partial charge is 0.170 e. The largest absolute Gasteiger partial charge is 0.493 e. The first-order chi connectivity index (χ1) is 22.7. The Bertz CT molecular complexity index is 1730. The molecule has 14 heteroatoms. The summed E-state index contributed by atoms with van der Waals surface area (Å²) in [7, 11) is -1.80. The average Bonchev–Trinajstić information content (AvgIpc) is 3.02. The molecule has 266 valence electrons. The summed E-state index contributed by atoms with van der Waals surface area (Å²) in [6, 6.07) is 15.5. The lowest BCUT2D eigenvalue weighted by Crippen LogP contribution is -2.20. The van der Waals surface area contributed by atoms with Crippen LogP contribution < -0.4 is 39.5 Å². The first-order valence-corrected chi connectivity index (χ1v) is 19.2. The van der Waals surface area contributed by atoms with Crippen LogP contribution in [0.2, 0.25) is 0 Å². The van der Waals surface area contributed by atoms with E-state index in [0.717, 1.165) is 11.8 Å². The molecule has 1 atom stereocenters. The van der Waals surface area contributed by atoms with E-state index in [1.54, 1.807) is 57.7 Å². The van der Waals surface area contributed by atoms with Crippen LogP contribution in [0.5, 0.6) is 34.5 Å². The first kappa shape index (κ1) is 40.0. The molecular weight excluding hydrogens is 661 g/mol. The van der Waals surface area contributed by atoms with Crippen molar-refractivity contribution in [3.8, 4) is 34.5 Å². The normalized spacial score (nSPS) is 12.2. The first-order valence-electron chi connectivity index (χ1n) is 15.2. The Kier molecular flexibility index (Phi) is 15.9. The van der Waals surface area contributed by atoms with Gasteiger partial charge in [0.1, 0.15) is 9.84 Å². The number of methoxy groups -OCH3 is 3. The fourth-order valence-corrected chi connectivity index (χ4v) is 5.94. The summed E-state index contributed by atoms with van der Waals surface area (Å²) in [6.45, 7) is 7.50. The monoisotopic (exact) mass is 708 g/mol. The Morgan fingerprint density at radius 2 is 1.19 bits per heavy atom. The highest BCUT2D eigenvalue weighted by Crippen LogP contribution is 2.32. The van der Waals surface area contributed by atoms with Gasteiger partial charge in [-0.25, -0.2) is 16.8 Å². The quantitative estimate of drug-likeness (QED) is 0.198. The van der Waals surface area contributed by atoms with Gasteiger partial charge in [-0.15, -0.1) is 0 Å².